The van der Waals surface area contributed by atoms with Crippen LogP contribution in [-0.2, 0) is 0 Å². The fourth-order valence-electron chi connectivity index (χ4n) is 2.06. The molecule has 0 saturated heterocycles. The topological polar surface area (TPSA) is 52.5 Å². The van der Waals surface area contributed by atoms with E-state index < -0.39 is 0 Å². The molecule has 0 saturated carbocycles. The summed E-state index contributed by atoms with van der Waals surface area (Å²) < 4.78 is 0. The Labute approximate surface area is 121 Å². The van der Waals surface area contributed by atoms with Crippen LogP contribution in [0.2, 0.25) is 0 Å². The number of aromatic amines is 1. The summed E-state index contributed by atoms with van der Waals surface area (Å²) in [6.45, 7) is 4.08. The summed E-state index contributed by atoms with van der Waals surface area (Å²) in [6.07, 6.45) is 0. The van der Waals surface area contributed by atoms with Crippen LogP contribution in [0.4, 0.5) is 0 Å². The maximum Gasteiger partial charge on any atom is 0.171 e. The highest BCUT2D eigenvalue weighted by Gasteiger charge is 2.08. The van der Waals surface area contributed by atoms with E-state index in [-0.39, 0.29) is 0 Å². The van der Waals surface area contributed by atoms with Gasteiger partial charge in [-0.2, -0.15) is 5.26 Å². The van der Waals surface area contributed by atoms with Crippen molar-refractivity contribution in [2.75, 3.05) is 0 Å². The normalized spacial score (nSPS) is 10.7. The Morgan fingerprint density at radius 2 is 1.85 bits per heavy atom. The maximum absolute atomic E-state index is 9.17. The molecule has 3 aromatic rings. The molecule has 1 N–H and O–H groups in total. The van der Waals surface area contributed by atoms with Gasteiger partial charge < -0.3 is 4.98 Å². The van der Waals surface area contributed by atoms with Gasteiger partial charge >= 0.3 is 0 Å². The van der Waals surface area contributed by atoms with Crippen LogP contribution in [0, 0.1) is 25.2 Å². The lowest BCUT2D eigenvalue weighted by molar-refractivity contribution is 1.08. The number of aromatic nitrogens is 2. The lowest BCUT2D eigenvalue weighted by Gasteiger charge is -2.02. The number of fused-ring (bicyclic) bond motifs is 1. The summed E-state index contributed by atoms with van der Waals surface area (Å²) in [7, 11) is 0. The molecule has 2 aromatic carbocycles. The van der Waals surface area contributed by atoms with Gasteiger partial charge in [0.25, 0.3) is 0 Å². The Morgan fingerprint density at radius 1 is 1.10 bits per heavy atom. The zero-order chi connectivity index (χ0) is 14.1. The Kier molecular flexibility index (Phi) is 3.21. The number of H-pyrrole nitrogens is 1. The van der Waals surface area contributed by atoms with Gasteiger partial charge in [-0.05, 0) is 49.2 Å². The van der Waals surface area contributed by atoms with E-state index in [1.54, 1.807) is 0 Å². The van der Waals surface area contributed by atoms with Crippen LogP contribution in [-0.4, -0.2) is 9.97 Å². The number of nitriles is 1. The summed E-state index contributed by atoms with van der Waals surface area (Å²) in [5, 5.41) is 9.98. The first-order valence-corrected chi connectivity index (χ1v) is 7.12. The summed E-state index contributed by atoms with van der Waals surface area (Å²) in [5.74, 6) is 0. The van der Waals surface area contributed by atoms with Crippen LogP contribution in [0.5, 0.6) is 0 Å². The van der Waals surface area contributed by atoms with Crippen LogP contribution in [0.25, 0.3) is 11.0 Å². The lowest BCUT2D eigenvalue weighted by atomic mass is 10.2. The smallest absolute Gasteiger partial charge is 0.171 e. The quantitative estimate of drug-likeness (QED) is 0.764. The number of rotatable bonds is 2. The van der Waals surface area contributed by atoms with E-state index in [2.05, 4.69) is 29.0 Å². The molecular formula is C16H13N3S. The van der Waals surface area contributed by atoms with Crippen LogP contribution >= 0.6 is 11.8 Å². The molecule has 1 heterocycles. The van der Waals surface area contributed by atoms with Gasteiger partial charge in [0.15, 0.2) is 5.16 Å². The van der Waals surface area contributed by atoms with Gasteiger partial charge in [-0.25, -0.2) is 4.98 Å². The number of nitrogens with one attached hydrogen (secondary N) is 1. The Balaban J connectivity index is 2.01. The zero-order valence-corrected chi connectivity index (χ0v) is 12.1. The first-order valence-electron chi connectivity index (χ1n) is 6.31. The van der Waals surface area contributed by atoms with E-state index in [9.17, 15) is 0 Å². The third-order valence-corrected chi connectivity index (χ3v) is 4.02. The Bertz CT molecular complexity index is 827. The number of aryl methyl sites for hydroxylation is 2. The summed E-state index contributed by atoms with van der Waals surface area (Å²) in [6, 6.07) is 14.2. The predicted octanol–water partition coefficient (Wildman–Crippen LogP) is 4.20. The maximum atomic E-state index is 9.17. The van der Waals surface area contributed by atoms with Crippen molar-refractivity contribution in [2.24, 2.45) is 0 Å². The molecule has 0 atom stereocenters. The number of nitrogens with zero attached hydrogens (tertiary/aromatic N) is 2. The van der Waals surface area contributed by atoms with Gasteiger partial charge in [-0.3, -0.25) is 0 Å². The molecule has 0 fully saturated rings. The average Bonchev–Trinajstić information content (AvgIpc) is 2.80. The Morgan fingerprint density at radius 3 is 2.65 bits per heavy atom. The molecule has 98 valence electrons. The summed E-state index contributed by atoms with van der Waals surface area (Å²) in [5.41, 5.74) is 4.99. The second kappa shape index (κ2) is 5.03. The van der Waals surface area contributed by atoms with Crippen molar-refractivity contribution in [3.8, 4) is 6.07 Å². The van der Waals surface area contributed by atoms with Gasteiger partial charge in [0.05, 0.1) is 16.6 Å². The highest BCUT2D eigenvalue weighted by Crippen LogP contribution is 2.30. The van der Waals surface area contributed by atoms with Gasteiger partial charge in [0.2, 0.25) is 0 Å². The van der Waals surface area contributed by atoms with Crippen LogP contribution in [0.15, 0.2) is 46.5 Å². The first kappa shape index (κ1) is 12.8. The second-order valence-corrected chi connectivity index (χ2v) is 5.81. The molecule has 4 heteroatoms. The van der Waals surface area contributed by atoms with Gasteiger partial charge in [-0.15, -0.1) is 0 Å². The molecule has 0 aliphatic heterocycles. The number of benzene rings is 2. The number of imidazole rings is 1. The molecule has 0 unspecified atom stereocenters. The third kappa shape index (κ3) is 2.40. The standard InChI is InChI=1S/C16H13N3S/c1-10-4-6-13-14(7-10)19-16(18-13)20-15-8-11(2)3-5-12(15)9-17/h3-8H,1-2H3,(H,18,19). The third-order valence-electron chi connectivity index (χ3n) is 3.08. The van der Waals surface area contributed by atoms with E-state index in [0.29, 0.717) is 5.56 Å². The van der Waals surface area contributed by atoms with Crippen molar-refractivity contribution >= 4 is 22.8 Å². The number of hydrogen-bond acceptors (Lipinski definition) is 3. The highest BCUT2D eigenvalue weighted by molar-refractivity contribution is 7.99. The molecule has 20 heavy (non-hydrogen) atoms. The van der Waals surface area contributed by atoms with Gasteiger partial charge in [0.1, 0.15) is 6.07 Å². The fourth-order valence-corrected chi connectivity index (χ4v) is 3.04. The molecule has 3 nitrogen and oxygen atoms in total. The van der Waals surface area contributed by atoms with Crippen LogP contribution in [0.1, 0.15) is 16.7 Å². The molecule has 0 aliphatic rings. The number of hydrogen-bond donors (Lipinski definition) is 1. The van der Waals surface area contributed by atoms with E-state index in [1.807, 2.05) is 37.3 Å². The van der Waals surface area contributed by atoms with Crippen LogP contribution < -0.4 is 0 Å². The minimum Gasteiger partial charge on any atom is -0.333 e. The monoisotopic (exact) mass is 279 g/mol. The molecule has 1 aromatic heterocycles. The highest BCUT2D eigenvalue weighted by atomic mass is 32.2. The largest absolute Gasteiger partial charge is 0.333 e. The van der Waals surface area contributed by atoms with E-state index in [1.165, 1.54) is 17.3 Å². The van der Waals surface area contributed by atoms with Crippen molar-refractivity contribution in [2.45, 2.75) is 23.9 Å². The SMILES string of the molecule is Cc1ccc(C#N)c(Sc2nc3ccc(C)cc3[nH]2)c1. The lowest BCUT2D eigenvalue weighted by Crippen LogP contribution is -1.84. The summed E-state index contributed by atoms with van der Waals surface area (Å²) >= 11 is 1.50. The van der Waals surface area contributed by atoms with Crippen molar-refractivity contribution in [1.29, 1.82) is 5.26 Å². The molecular weight excluding hydrogens is 266 g/mol. The fraction of sp³-hybridized carbons (Fsp3) is 0.125. The van der Waals surface area contributed by atoms with Crippen molar-refractivity contribution < 1.29 is 0 Å². The average molecular weight is 279 g/mol. The molecule has 3 rings (SSSR count). The van der Waals surface area contributed by atoms with E-state index in [0.717, 1.165) is 26.6 Å². The zero-order valence-electron chi connectivity index (χ0n) is 11.3. The van der Waals surface area contributed by atoms with Crippen molar-refractivity contribution in [3.05, 3.63) is 53.1 Å². The first-order chi connectivity index (χ1) is 9.65. The van der Waals surface area contributed by atoms with E-state index in [4.69, 9.17) is 5.26 Å². The molecule has 0 spiro atoms. The second-order valence-electron chi connectivity index (χ2n) is 4.78. The molecule has 0 amide bonds. The molecule has 0 bridgehead atoms. The molecule has 0 radical (unpaired) electrons. The minimum absolute atomic E-state index is 0.678. The van der Waals surface area contributed by atoms with E-state index >= 15 is 0 Å². The van der Waals surface area contributed by atoms with Crippen LogP contribution in [0.3, 0.4) is 0 Å². The summed E-state index contributed by atoms with van der Waals surface area (Å²) in [4.78, 5) is 8.78. The van der Waals surface area contributed by atoms with Gasteiger partial charge in [-0.1, -0.05) is 23.9 Å². The molecule has 0 aliphatic carbocycles. The minimum atomic E-state index is 0.678. The Hall–Kier alpha value is -2.25. The predicted molar refractivity (Wildman–Crippen MR) is 80.8 cm³/mol. The van der Waals surface area contributed by atoms with Gasteiger partial charge in [0, 0.05) is 4.90 Å². The van der Waals surface area contributed by atoms with Crippen molar-refractivity contribution in [1.82, 2.24) is 9.97 Å². The van der Waals surface area contributed by atoms with Crippen molar-refractivity contribution in [3.63, 3.8) is 0 Å².